The number of benzene rings is 1. The molecule has 2 N–H and O–H groups in total. The average Bonchev–Trinajstić information content (AvgIpc) is 3.04. The molecule has 0 spiro atoms. The fraction of sp³-hybridized carbons (Fsp3) is 0.375. The SMILES string of the molecule is Cc1ccc2c(c1)C(CO)(NCc1cccs1)CC2. The second-order valence-corrected chi connectivity index (χ2v) is 6.37. The number of aliphatic hydroxyl groups is 1. The lowest BCUT2D eigenvalue weighted by molar-refractivity contribution is 0.159. The molecule has 0 saturated carbocycles. The smallest absolute Gasteiger partial charge is 0.0677 e. The Kier molecular flexibility index (Phi) is 3.44. The summed E-state index contributed by atoms with van der Waals surface area (Å²) in [5.74, 6) is 0. The van der Waals surface area contributed by atoms with Crippen LogP contribution in [-0.4, -0.2) is 11.7 Å². The van der Waals surface area contributed by atoms with E-state index in [4.69, 9.17) is 0 Å². The largest absolute Gasteiger partial charge is 0.394 e. The molecule has 3 rings (SSSR count). The third-order valence-electron chi connectivity index (χ3n) is 4.05. The number of thiophene rings is 1. The second-order valence-electron chi connectivity index (χ2n) is 5.33. The Morgan fingerprint density at radius 3 is 3.00 bits per heavy atom. The van der Waals surface area contributed by atoms with Crippen molar-refractivity contribution in [1.29, 1.82) is 0 Å². The fourth-order valence-electron chi connectivity index (χ4n) is 2.91. The first-order chi connectivity index (χ1) is 9.23. The van der Waals surface area contributed by atoms with Crippen LogP contribution in [0.2, 0.25) is 0 Å². The fourth-order valence-corrected chi connectivity index (χ4v) is 3.55. The Balaban J connectivity index is 1.87. The molecule has 1 atom stereocenters. The molecule has 0 bridgehead atoms. The number of aliphatic hydroxyl groups excluding tert-OH is 1. The second kappa shape index (κ2) is 5.08. The van der Waals surface area contributed by atoms with Crippen molar-refractivity contribution in [3.05, 3.63) is 57.3 Å². The zero-order chi connectivity index (χ0) is 13.3. The van der Waals surface area contributed by atoms with Crippen molar-refractivity contribution < 1.29 is 5.11 Å². The topological polar surface area (TPSA) is 32.3 Å². The zero-order valence-electron chi connectivity index (χ0n) is 11.1. The van der Waals surface area contributed by atoms with Gasteiger partial charge in [0.05, 0.1) is 12.1 Å². The van der Waals surface area contributed by atoms with E-state index >= 15 is 0 Å². The molecule has 0 radical (unpaired) electrons. The van der Waals surface area contributed by atoms with Crippen LogP contribution in [0.25, 0.3) is 0 Å². The Labute approximate surface area is 118 Å². The van der Waals surface area contributed by atoms with E-state index in [9.17, 15) is 5.11 Å². The highest BCUT2D eigenvalue weighted by Gasteiger charge is 2.37. The third kappa shape index (κ3) is 2.34. The maximum absolute atomic E-state index is 9.92. The van der Waals surface area contributed by atoms with E-state index in [2.05, 4.69) is 48.0 Å². The Morgan fingerprint density at radius 1 is 1.37 bits per heavy atom. The molecule has 0 aliphatic heterocycles. The lowest BCUT2D eigenvalue weighted by Gasteiger charge is -2.30. The van der Waals surface area contributed by atoms with E-state index in [1.807, 2.05) is 0 Å². The van der Waals surface area contributed by atoms with E-state index < -0.39 is 0 Å². The molecule has 19 heavy (non-hydrogen) atoms. The molecule has 100 valence electrons. The summed E-state index contributed by atoms with van der Waals surface area (Å²) in [6.07, 6.45) is 2.03. The van der Waals surface area contributed by atoms with Gasteiger partial charge in [0.25, 0.3) is 0 Å². The molecule has 3 heteroatoms. The Bertz CT molecular complexity index is 564. The number of hydrogen-bond donors (Lipinski definition) is 2. The Hall–Kier alpha value is -1.16. The number of rotatable bonds is 4. The van der Waals surface area contributed by atoms with Gasteiger partial charge in [0.15, 0.2) is 0 Å². The van der Waals surface area contributed by atoms with Gasteiger partial charge in [-0.2, -0.15) is 0 Å². The van der Waals surface area contributed by atoms with E-state index in [-0.39, 0.29) is 12.1 Å². The molecule has 0 saturated heterocycles. The summed E-state index contributed by atoms with van der Waals surface area (Å²) < 4.78 is 0. The lowest BCUT2D eigenvalue weighted by atomic mass is 9.91. The van der Waals surface area contributed by atoms with Crippen LogP contribution >= 0.6 is 11.3 Å². The summed E-state index contributed by atoms with van der Waals surface area (Å²) in [5, 5.41) is 15.6. The van der Waals surface area contributed by atoms with Gasteiger partial charge in [-0.1, -0.05) is 29.8 Å². The summed E-state index contributed by atoms with van der Waals surface area (Å²) in [5.41, 5.74) is 3.66. The van der Waals surface area contributed by atoms with Crippen molar-refractivity contribution in [3.8, 4) is 0 Å². The Morgan fingerprint density at radius 2 is 2.26 bits per heavy atom. The van der Waals surface area contributed by atoms with E-state index in [1.165, 1.54) is 21.6 Å². The molecule has 0 fully saturated rings. The molecule has 1 heterocycles. The van der Waals surface area contributed by atoms with Gasteiger partial charge in [-0.05, 0) is 42.3 Å². The van der Waals surface area contributed by atoms with Gasteiger partial charge >= 0.3 is 0 Å². The van der Waals surface area contributed by atoms with Crippen molar-refractivity contribution in [1.82, 2.24) is 5.32 Å². The summed E-state index contributed by atoms with van der Waals surface area (Å²) in [4.78, 5) is 1.31. The molecule has 1 aromatic carbocycles. The van der Waals surface area contributed by atoms with Crippen LogP contribution in [0.4, 0.5) is 0 Å². The third-order valence-corrected chi connectivity index (χ3v) is 4.93. The van der Waals surface area contributed by atoms with Crippen LogP contribution < -0.4 is 5.32 Å². The van der Waals surface area contributed by atoms with Crippen LogP contribution in [0.5, 0.6) is 0 Å². The summed E-state index contributed by atoms with van der Waals surface area (Å²) in [6, 6.07) is 10.8. The first-order valence-electron chi connectivity index (χ1n) is 6.72. The van der Waals surface area contributed by atoms with Crippen molar-refractivity contribution in [2.24, 2.45) is 0 Å². The van der Waals surface area contributed by atoms with Crippen LogP contribution in [0.1, 0.15) is 28.0 Å². The number of nitrogens with one attached hydrogen (secondary N) is 1. The van der Waals surface area contributed by atoms with Gasteiger partial charge in [0.2, 0.25) is 0 Å². The van der Waals surface area contributed by atoms with Crippen LogP contribution in [0, 0.1) is 6.92 Å². The average molecular weight is 273 g/mol. The van der Waals surface area contributed by atoms with E-state index in [0.717, 1.165) is 19.4 Å². The van der Waals surface area contributed by atoms with Crippen LogP contribution in [0.3, 0.4) is 0 Å². The van der Waals surface area contributed by atoms with Gasteiger partial charge in [0, 0.05) is 11.4 Å². The molecule has 2 nitrogen and oxygen atoms in total. The van der Waals surface area contributed by atoms with Crippen molar-refractivity contribution in [2.45, 2.75) is 31.8 Å². The predicted octanol–water partition coefficient (Wildman–Crippen LogP) is 2.98. The van der Waals surface area contributed by atoms with Crippen molar-refractivity contribution in [3.63, 3.8) is 0 Å². The molecular weight excluding hydrogens is 254 g/mol. The highest BCUT2D eigenvalue weighted by molar-refractivity contribution is 7.09. The minimum atomic E-state index is -0.259. The number of hydrogen-bond acceptors (Lipinski definition) is 3. The number of fused-ring (bicyclic) bond motifs is 1. The first kappa shape index (κ1) is 12.9. The van der Waals surface area contributed by atoms with Crippen molar-refractivity contribution in [2.75, 3.05) is 6.61 Å². The predicted molar refractivity (Wildman–Crippen MR) is 79.4 cm³/mol. The summed E-state index contributed by atoms with van der Waals surface area (Å²) >= 11 is 1.76. The van der Waals surface area contributed by atoms with Gasteiger partial charge in [-0.15, -0.1) is 11.3 Å². The molecule has 1 aromatic heterocycles. The summed E-state index contributed by atoms with van der Waals surface area (Å²) in [7, 11) is 0. The highest BCUT2D eigenvalue weighted by Crippen LogP contribution is 2.37. The maximum atomic E-state index is 9.92. The van der Waals surface area contributed by atoms with Gasteiger partial charge in [0.1, 0.15) is 0 Å². The van der Waals surface area contributed by atoms with Gasteiger partial charge in [-0.3, -0.25) is 0 Å². The quantitative estimate of drug-likeness (QED) is 0.897. The maximum Gasteiger partial charge on any atom is 0.0677 e. The number of aryl methyl sites for hydroxylation is 2. The zero-order valence-corrected chi connectivity index (χ0v) is 12.0. The monoisotopic (exact) mass is 273 g/mol. The van der Waals surface area contributed by atoms with Crippen LogP contribution in [-0.2, 0) is 18.5 Å². The normalized spacial score (nSPS) is 21.6. The minimum absolute atomic E-state index is 0.162. The first-order valence-corrected chi connectivity index (χ1v) is 7.60. The summed E-state index contributed by atoms with van der Waals surface area (Å²) in [6.45, 7) is 3.10. The molecule has 2 aromatic rings. The molecular formula is C16H19NOS. The molecule has 1 unspecified atom stereocenters. The van der Waals surface area contributed by atoms with Crippen molar-refractivity contribution >= 4 is 11.3 Å². The van der Waals surface area contributed by atoms with E-state index in [1.54, 1.807) is 11.3 Å². The molecule has 1 aliphatic carbocycles. The standard InChI is InChI=1S/C16H19NOS/c1-12-4-5-13-6-7-16(11-18,15(13)9-12)17-10-14-3-2-8-19-14/h2-5,8-9,17-18H,6-7,10-11H2,1H3. The van der Waals surface area contributed by atoms with Gasteiger partial charge in [-0.25, -0.2) is 0 Å². The van der Waals surface area contributed by atoms with Gasteiger partial charge < -0.3 is 10.4 Å². The van der Waals surface area contributed by atoms with Crippen LogP contribution in [0.15, 0.2) is 35.7 Å². The molecule has 0 amide bonds. The molecule has 1 aliphatic rings. The minimum Gasteiger partial charge on any atom is -0.394 e. The lowest BCUT2D eigenvalue weighted by Crippen LogP contribution is -2.43. The highest BCUT2D eigenvalue weighted by atomic mass is 32.1. The van der Waals surface area contributed by atoms with E-state index in [0.29, 0.717) is 0 Å².